The van der Waals surface area contributed by atoms with E-state index in [2.05, 4.69) is 33.6 Å². The number of likely N-dealkylation sites (tertiary alicyclic amines) is 1. The van der Waals surface area contributed by atoms with E-state index < -0.39 is 11.6 Å². The van der Waals surface area contributed by atoms with E-state index >= 15 is 0 Å². The number of hydrogen-bond acceptors (Lipinski definition) is 4. The highest BCUT2D eigenvalue weighted by Crippen LogP contribution is 2.38. The van der Waals surface area contributed by atoms with E-state index in [-0.39, 0.29) is 5.56 Å². The summed E-state index contributed by atoms with van der Waals surface area (Å²) in [7, 11) is 1.94. The lowest BCUT2D eigenvalue weighted by Crippen LogP contribution is -2.47. The van der Waals surface area contributed by atoms with E-state index in [9.17, 15) is 8.78 Å². The van der Waals surface area contributed by atoms with Crippen molar-refractivity contribution in [1.82, 2.24) is 15.1 Å². The first-order valence-electron chi connectivity index (χ1n) is 11.3. The second-order valence-electron chi connectivity index (χ2n) is 8.74. The van der Waals surface area contributed by atoms with Gasteiger partial charge < -0.3 is 20.4 Å². The molecule has 170 valence electrons. The summed E-state index contributed by atoms with van der Waals surface area (Å²) in [4.78, 5) is 4.73. The lowest BCUT2D eigenvalue weighted by Gasteiger charge is -2.41. The maximum Gasteiger partial charge on any atom is 0.131 e. The second kappa shape index (κ2) is 9.74. The predicted molar refractivity (Wildman–Crippen MR) is 127 cm³/mol. The summed E-state index contributed by atoms with van der Waals surface area (Å²) in [5, 5.41) is 6.64. The van der Waals surface area contributed by atoms with Crippen LogP contribution in [0.15, 0.2) is 67.1 Å². The zero-order valence-corrected chi connectivity index (χ0v) is 18.7. The van der Waals surface area contributed by atoms with Crippen LogP contribution in [0.3, 0.4) is 0 Å². The smallest absolute Gasteiger partial charge is 0.131 e. The third-order valence-electron chi connectivity index (χ3n) is 6.45. The first kappa shape index (κ1) is 22.3. The number of halogens is 2. The minimum absolute atomic E-state index is 0.256. The molecule has 0 bridgehead atoms. The Hall–Kier alpha value is -2.86. The molecule has 0 unspecified atom stereocenters. The Kier molecular flexibility index (Phi) is 6.80. The van der Waals surface area contributed by atoms with Gasteiger partial charge in [-0.05, 0) is 74.5 Å². The van der Waals surface area contributed by atoms with Crippen LogP contribution in [-0.2, 0) is 0 Å². The summed E-state index contributed by atoms with van der Waals surface area (Å²) in [6.45, 7) is 11.3. The lowest BCUT2D eigenvalue weighted by molar-refractivity contribution is 0.147. The van der Waals surface area contributed by atoms with Crippen molar-refractivity contribution in [2.75, 3.05) is 32.1 Å². The van der Waals surface area contributed by atoms with Gasteiger partial charge in [0.25, 0.3) is 0 Å². The van der Waals surface area contributed by atoms with Crippen LogP contribution in [0, 0.1) is 17.6 Å². The van der Waals surface area contributed by atoms with Crippen LogP contribution in [-0.4, -0.2) is 42.6 Å². The fraction of sp³-hybridized carbons (Fsp3) is 0.385. The highest BCUT2D eigenvalue weighted by Gasteiger charge is 2.31. The molecule has 2 fully saturated rings. The average Bonchev–Trinajstić information content (AvgIpc) is 3.65. The third kappa shape index (κ3) is 5.13. The van der Waals surface area contributed by atoms with E-state index in [0.717, 1.165) is 49.6 Å². The van der Waals surface area contributed by atoms with E-state index in [1.54, 1.807) is 12.1 Å². The normalized spacial score (nSPS) is 16.7. The van der Waals surface area contributed by atoms with Gasteiger partial charge >= 0.3 is 0 Å². The molecular weight excluding hydrogens is 406 g/mol. The molecule has 32 heavy (non-hydrogen) atoms. The molecule has 0 amide bonds. The van der Waals surface area contributed by atoms with Crippen molar-refractivity contribution >= 4 is 5.69 Å². The van der Waals surface area contributed by atoms with E-state index in [0.29, 0.717) is 24.2 Å². The molecule has 0 atom stereocenters. The Morgan fingerprint density at radius 3 is 2.34 bits per heavy atom. The van der Waals surface area contributed by atoms with Gasteiger partial charge in [-0.2, -0.15) is 0 Å². The van der Waals surface area contributed by atoms with Gasteiger partial charge in [0.2, 0.25) is 0 Å². The Labute approximate surface area is 189 Å². The second-order valence-corrected chi connectivity index (χ2v) is 8.74. The lowest BCUT2D eigenvalue weighted by atomic mass is 10.0. The van der Waals surface area contributed by atoms with Gasteiger partial charge in [0.05, 0.1) is 12.5 Å². The fourth-order valence-corrected chi connectivity index (χ4v) is 4.45. The summed E-state index contributed by atoms with van der Waals surface area (Å²) >= 11 is 0. The van der Waals surface area contributed by atoms with Gasteiger partial charge in [-0.1, -0.05) is 25.3 Å². The van der Waals surface area contributed by atoms with Crippen LogP contribution in [0.1, 0.15) is 25.7 Å². The van der Waals surface area contributed by atoms with Crippen molar-refractivity contribution in [3.05, 3.63) is 78.8 Å². The van der Waals surface area contributed by atoms with Crippen molar-refractivity contribution in [3.63, 3.8) is 0 Å². The molecule has 0 aromatic heterocycles. The van der Waals surface area contributed by atoms with Crippen molar-refractivity contribution in [3.8, 4) is 11.1 Å². The first-order valence-corrected chi connectivity index (χ1v) is 11.3. The number of piperidine rings is 1. The van der Waals surface area contributed by atoms with Gasteiger partial charge in [-0.3, -0.25) is 0 Å². The molecule has 4 nitrogen and oxygen atoms in total. The minimum atomic E-state index is -0.452. The summed E-state index contributed by atoms with van der Waals surface area (Å²) in [6, 6.07) is 11.2. The summed E-state index contributed by atoms with van der Waals surface area (Å²) < 4.78 is 27.6. The van der Waals surface area contributed by atoms with Crippen molar-refractivity contribution in [1.29, 1.82) is 0 Å². The SMILES string of the molecule is C=C(C1CC1)N1CCC(N(CNC)C(=C)Nc2ccc(-c3cc(F)ccc3F)cc2)CC1. The molecule has 1 heterocycles. The van der Waals surface area contributed by atoms with Crippen molar-refractivity contribution in [2.24, 2.45) is 5.92 Å². The molecule has 2 aromatic carbocycles. The van der Waals surface area contributed by atoms with Crippen LogP contribution in [0.4, 0.5) is 14.5 Å². The number of nitrogens with one attached hydrogen (secondary N) is 2. The Morgan fingerprint density at radius 1 is 1.03 bits per heavy atom. The average molecular weight is 439 g/mol. The molecule has 1 aliphatic heterocycles. The number of allylic oxidation sites excluding steroid dienone is 1. The van der Waals surface area contributed by atoms with Gasteiger partial charge in [-0.25, -0.2) is 8.78 Å². The van der Waals surface area contributed by atoms with Gasteiger partial charge in [0.1, 0.15) is 11.6 Å². The van der Waals surface area contributed by atoms with Crippen LogP contribution in [0.2, 0.25) is 0 Å². The highest BCUT2D eigenvalue weighted by molar-refractivity contribution is 5.67. The van der Waals surface area contributed by atoms with Crippen LogP contribution in [0.25, 0.3) is 11.1 Å². The largest absolute Gasteiger partial charge is 0.375 e. The number of nitrogens with zero attached hydrogens (tertiary/aromatic N) is 2. The molecule has 0 spiro atoms. The molecule has 6 heteroatoms. The molecule has 0 radical (unpaired) electrons. The molecular formula is C26H32F2N4. The van der Waals surface area contributed by atoms with Crippen molar-refractivity contribution < 1.29 is 8.78 Å². The zero-order chi connectivity index (χ0) is 22.7. The van der Waals surface area contributed by atoms with Gasteiger partial charge in [0, 0.05) is 36.1 Å². The quantitative estimate of drug-likeness (QED) is 0.515. The summed E-state index contributed by atoms with van der Waals surface area (Å²) in [5.74, 6) is 0.641. The molecule has 2 aromatic rings. The van der Waals surface area contributed by atoms with Crippen LogP contribution < -0.4 is 10.6 Å². The molecule has 2 aliphatic rings. The summed E-state index contributed by atoms with van der Waals surface area (Å²) in [6.07, 6.45) is 4.70. The first-order chi connectivity index (χ1) is 15.5. The Bertz CT molecular complexity index is 960. The number of anilines is 1. The topological polar surface area (TPSA) is 30.5 Å². The third-order valence-corrected chi connectivity index (χ3v) is 6.45. The predicted octanol–water partition coefficient (Wildman–Crippen LogP) is 5.38. The standard InChI is InChI=1S/C26H32F2N4/c1-18(20-4-5-20)31-14-12-24(13-15-31)32(17-29-3)19(2)30-23-9-6-21(7-10-23)25-16-22(27)8-11-26(25)28/h6-11,16,20,24,29-30H,1-2,4-5,12-15,17H2,3H3. The van der Waals surface area contributed by atoms with E-state index in [1.165, 1.54) is 24.6 Å². The molecule has 1 aliphatic carbocycles. The Morgan fingerprint density at radius 2 is 1.72 bits per heavy atom. The number of benzene rings is 2. The van der Waals surface area contributed by atoms with Gasteiger partial charge in [0.15, 0.2) is 0 Å². The maximum absolute atomic E-state index is 14.1. The van der Waals surface area contributed by atoms with Crippen molar-refractivity contribution in [2.45, 2.75) is 31.7 Å². The zero-order valence-electron chi connectivity index (χ0n) is 18.7. The highest BCUT2D eigenvalue weighted by atomic mass is 19.1. The van der Waals surface area contributed by atoms with Gasteiger partial charge in [-0.15, -0.1) is 0 Å². The molecule has 2 N–H and O–H groups in total. The number of hydrogen-bond donors (Lipinski definition) is 2. The molecule has 1 saturated heterocycles. The number of rotatable bonds is 9. The van der Waals surface area contributed by atoms with Crippen LogP contribution >= 0.6 is 0 Å². The van der Waals surface area contributed by atoms with E-state index in [1.807, 2.05) is 19.2 Å². The Balaban J connectivity index is 1.38. The molecule has 4 rings (SSSR count). The summed E-state index contributed by atoms with van der Waals surface area (Å²) in [5.41, 5.74) is 3.06. The minimum Gasteiger partial charge on any atom is -0.375 e. The fourth-order valence-electron chi connectivity index (χ4n) is 4.45. The maximum atomic E-state index is 14.1. The monoisotopic (exact) mass is 438 g/mol. The van der Waals surface area contributed by atoms with Crippen LogP contribution in [0.5, 0.6) is 0 Å². The molecule has 1 saturated carbocycles. The van der Waals surface area contributed by atoms with E-state index in [4.69, 9.17) is 0 Å².